The number of nitro groups is 1. The van der Waals surface area contributed by atoms with Crippen LogP contribution in [-0.2, 0) is 0 Å². The maximum atomic E-state index is 11.7. The number of nitrogens with zero attached hydrogens (tertiary/aromatic N) is 2. The van der Waals surface area contributed by atoms with Crippen LogP contribution in [0.1, 0.15) is 0 Å². The first-order valence-electron chi connectivity index (χ1n) is 9.05. The second-order valence-corrected chi connectivity index (χ2v) is 6.77. The second-order valence-electron chi connectivity index (χ2n) is 6.77. The van der Waals surface area contributed by atoms with E-state index in [4.69, 9.17) is 0 Å². The highest BCUT2D eigenvalue weighted by molar-refractivity contribution is 5.95. The zero-order valence-corrected chi connectivity index (χ0v) is 14.9. The van der Waals surface area contributed by atoms with Gasteiger partial charge in [0.05, 0.1) is 16.0 Å². The maximum absolute atomic E-state index is 11.7. The lowest BCUT2D eigenvalue weighted by Crippen LogP contribution is -1.94. The predicted molar refractivity (Wildman–Crippen MR) is 113 cm³/mol. The normalized spacial score (nSPS) is 11.1. The van der Waals surface area contributed by atoms with E-state index in [0.717, 1.165) is 32.9 Å². The Morgan fingerprint density at radius 1 is 0.714 bits per heavy atom. The van der Waals surface area contributed by atoms with Crippen molar-refractivity contribution >= 4 is 27.4 Å². The fourth-order valence-electron chi connectivity index (χ4n) is 3.72. The molecule has 0 aliphatic rings. The fraction of sp³-hybridized carbons (Fsp3) is 0. The molecule has 0 radical (unpaired) electrons. The molecule has 0 bridgehead atoms. The van der Waals surface area contributed by atoms with Crippen molar-refractivity contribution in [1.29, 1.82) is 0 Å². The van der Waals surface area contributed by atoms with Crippen molar-refractivity contribution in [2.24, 2.45) is 0 Å². The summed E-state index contributed by atoms with van der Waals surface area (Å²) in [5.41, 5.74) is 3.66. The molecule has 0 saturated heterocycles. The Kier molecular flexibility index (Phi) is 3.69. The Hall–Kier alpha value is -3.92. The Morgan fingerprint density at radius 2 is 1.43 bits per heavy atom. The molecule has 0 atom stereocenters. The highest BCUT2D eigenvalue weighted by Crippen LogP contribution is 2.36. The van der Waals surface area contributed by atoms with Gasteiger partial charge in [0.2, 0.25) is 0 Å². The van der Waals surface area contributed by atoms with Gasteiger partial charge in [0.15, 0.2) is 0 Å². The number of hydrogen-bond acceptors (Lipinski definition) is 2. The summed E-state index contributed by atoms with van der Waals surface area (Å²) in [4.78, 5) is 11.4. The molecular formula is C24H16N2O2. The van der Waals surface area contributed by atoms with Crippen molar-refractivity contribution in [3.05, 3.63) is 107 Å². The number of benzene rings is 4. The van der Waals surface area contributed by atoms with Gasteiger partial charge >= 0.3 is 0 Å². The Bertz CT molecular complexity index is 1340. The summed E-state index contributed by atoms with van der Waals surface area (Å²) in [7, 11) is 0. The number of aromatic nitrogens is 1. The maximum Gasteiger partial charge on any atom is 0.277 e. The summed E-state index contributed by atoms with van der Waals surface area (Å²) in [6, 6.07) is 29.4. The highest BCUT2D eigenvalue weighted by Gasteiger charge is 2.17. The number of para-hydroxylation sites is 1. The molecule has 0 saturated carbocycles. The summed E-state index contributed by atoms with van der Waals surface area (Å²) in [6.45, 7) is 0. The molecule has 0 spiro atoms. The molecule has 0 unspecified atom stereocenters. The van der Waals surface area contributed by atoms with Gasteiger partial charge in [0.1, 0.15) is 0 Å². The molecule has 134 valence electrons. The monoisotopic (exact) mass is 364 g/mol. The van der Waals surface area contributed by atoms with Crippen molar-refractivity contribution in [3.63, 3.8) is 0 Å². The van der Waals surface area contributed by atoms with Crippen LogP contribution in [0, 0.1) is 10.1 Å². The molecule has 4 heteroatoms. The molecule has 4 aromatic carbocycles. The number of rotatable bonds is 3. The molecule has 5 aromatic rings. The standard InChI is InChI=1S/C24H16N2O2/c27-26(28)24-15-19-7-5-4-6-18(19)14-22(24)20-11-10-17-12-13-25(23(17)16-20)21-8-2-1-3-9-21/h1-16H. The van der Waals surface area contributed by atoms with Gasteiger partial charge in [-0.1, -0.05) is 54.6 Å². The van der Waals surface area contributed by atoms with Crippen LogP contribution in [-0.4, -0.2) is 9.49 Å². The van der Waals surface area contributed by atoms with E-state index < -0.39 is 0 Å². The van der Waals surface area contributed by atoms with Crippen molar-refractivity contribution < 1.29 is 4.92 Å². The number of hydrogen-bond donors (Lipinski definition) is 0. The van der Waals surface area contributed by atoms with Crippen LogP contribution in [0.3, 0.4) is 0 Å². The topological polar surface area (TPSA) is 48.1 Å². The molecule has 0 N–H and O–H groups in total. The number of nitro benzene ring substituents is 1. The van der Waals surface area contributed by atoms with Crippen molar-refractivity contribution in [2.45, 2.75) is 0 Å². The minimum Gasteiger partial charge on any atom is -0.317 e. The second kappa shape index (κ2) is 6.35. The van der Waals surface area contributed by atoms with Gasteiger partial charge in [0, 0.05) is 18.0 Å². The first kappa shape index (κ1) is 16.3. The Morgan fingerprint density at radius 3 is 2.18 bits per heavy atom. The molecular weight excluding hydrogens is 348 g/mol. The molecule has 5 rings (SSSR count). The minimum absolute atomic E-state index is 0.121. The first-order valence-corrected chi connectivity index (χ1v) is 9.05. The average Bonchev–Trinajstić information content (AvgIpc) is 3.16. The van der Waals surface area contributed by atoms with Gasteiger partial charge in [-0.15, -0.1) is 0 Å². The molecule has 28 heavy (non-hydrogen) atoms. The molecule has 0 aliphatic heterocycles. The molecule has 1 heterocycles. The molecule has 1 aromatic heterocycles. The van der Waals surface area contributed by atoms with Crippen molar-refractivity contribution in [1.82, 2.24) is 4.57 Å². The van der Waals surface area contributed by atoms with Crippen LogP contribution in [0.5, 0.6) is 0 Å². The molecule has 0 amide bonds. The van der Waals surface area contributed by atoms with Crippen LogP contribution >= 0.6 is 0 Å². The molecule has 0 aliphatic carbocycles. The molecule has 4 nitrogen and oxygen atoms in total. The fourth-order valence-corrected chi connectivity index (χ4v) is 3.72. The highest BCUT2D eigenvalue weighted by atomic mass is 16.6. The lowest BCUT2D eigenvalue weighted by Gasteiger charge is -2.09. The van der Waals surface area contributed by atoms with Crippen LogP contribution in [0.25, 0.3) is 38.5 Å². The van der Waals surface area contributed by atoms with E-state index in [-0.39, 0.29) is 10.6 Å². The lowest BCUT2D eigenvalue weighted by atomic mass is 9.98. The summed E-state index contributed by atoms with van der Waals surface area (Å²) in [5, 5.41) is 14.7. The predicted octanol–water partition coefficient (Wildman–Crippen LogP) is 6.36. The van der Waals surface area contributed by atoms with Crippen LogP contribution in [0.15, 0.2) is 97.2 Å². The summed E-state index contributed by atoms with van der Waals surface area (Å²) in [6.07, 6.45) is 2.03. The summed E-state index contributed by atoms with van der Waals surface area (Å²) >= 11 is 0. The van der Waals surface area contributed by atoms with Gasteiger partial charge in [-0.2, -0.15) is 0 Å². The van der Waals surface area contributed by atoms with Crippen LogP contribution < -0.4 is 0 Å². The first-order chi connectivity index (χ1) is 13.7. The van der Waals surface area contributed by atoms with Crippen LogP contribution in [0.2, 0.25) is 0 Å². The average molecular weight is 364 g/mol. The summed E-state index contributed by atoms with van der Waals surface area (Å²) < 4.78 is 2.10. The third-order valence-corrected chi connectivity index (χ3v) is 5.10. The quantitative estimate of drug-likeness (QED) is 0.276. The van der Waals surface area contributed by atoms with E-state index in [9.17, 15) is 10.1 Å². The van der Waals surface area contributed by atoms with Gasteiger partial charge in [-0.05, 0) is 52.1 Å². The van der Waals surface area contributed by atoms with Crippen molar-refractivity contribution in [3.8, 4) is 16.8 Å². The minimum atomic E-state index is -0.303. The van der Waals surface area contributed by atoms with E-state index >= 15 is 0 Å². The third kappa shape index (κ3) is 2.63. The van der Waals surface area contributed by atoms with Gasteiger partial charge in [-0.3, -0.25) is 10.1 Å². The smallest absolute Gasteiger partial charge is 0.277 e. The Labute approximate surface area is 161 Å². The SMILES string of the molecule is O=[N+]([O-])c1cc2ccccc2cc1-c1ccc2ccn(-c3ccccc3)c2c1. The Balaban J connectivity index is 1.75. The number of fused-ring (bicyclic) bond motifs is 2. The van der Waals surface area contributed by atoms with Gasteiger partial charge < -0.3 is 4.57 Å². The zero-order valence-electron chi connectivity index (χ0n) is 14.9. The van der Waals surface area contributed by atoms with Crippen molar-refractivity contribution in [2.75, 3.05) is 0 Å². The zero-order chi connectivity index (χ0) is 19.1. The van der Waals surface area contributed by atoms with E-state index in [0.29, 0.717) is 5.56 Å². The van der Waals surface area contributed by atoms with Gasteiger partial charge in [-0.25, -0.2) is 0 Å². The largest absolute Gasteiger partial charge is 0.317 e. The van der Waals surface area contributed by atoms with E-state index in [1.807, 2.05) is 85.1 Å². The lowest BCUT2D eigenvalue weighted by molar-refractivity contribution is -0.384. The van der Waals surface area contributed by atoms with E-state index in [1.165, 1.54) is 0 Å². The van der Waals surface area contributed by atoms with E-state index in [1.54, 1.807) is 6.07 Å². The van der Waals surface area contributed by atoms with Gasteiger partial charge in [0.25, 0.3) is 5.69 Å². The molecule has 0 fully saturated rings. The summed E-state index contributed by atoms with van der Waals surface area (Å²) in [5.74, 6) is 0. The van der Waals surface area contributed by atoms with E-state index in [2.05, 4.69) is 10.6 Å². The van der Waals surface area contributed by atoms with Crippen LogP contribution in [0.4, 0.5) is 5.69 Å². The third-order valence-electron chi connectivity index (χ3n) is 5.10.